The van der Waals surface area contributed by atoms with Crippen LogP contribution in [-0.4, -0.2) is 26.0 Å². The molecule has 106 valence electrons. The van der Waals surface area contributed by atoms with Gasteiger partial charge in [-0.05, 0) is 30.9 Å². The van der Waals surface area contributed by atoms with Crippen LogP contribution in [0.1, 0.15) is 37.9 Å². The highest BCUT2D eigenvalue weighted by Gasteiger charge is 2.40. The fourth-order valence-electron chi connectivity index (χ4n) is 3.15. The third-order valence-electron chi connectivity index (χ3n) is 4.29. The Balaban J connectivity index is 1.98. The monoisotopic (exact) mass is 274 g/mol. The van der Waals surface area contributed by atoms with Gasteiger partial charge in [0.05, 0.1) is 11.4 Å². The third-order valence-corrected chi connectivity index (χ3v) is 4.29. The van der Waals surface area contributed by atoms with E-state index in [0.717, 1.165) is 30.6 Å². The molecule has 0 spiro atoms. The van der Waals surface area contributed by atoms with Gasteiger partial charge in [-0.2, -0.15) is 0 Å². The minimum Gasteiger partial charge on any atom is -0.481 e. The van der Waals surface area contributed by atoms with Crippen molar-refractivity contribution in [3.05, 3.63) is 18.0 Å². The fourth-order valence-corrected chi connectivity index (χ4v) is 3.15. The Kier molecular flexibility index (Phi) is 3.08. The minimum atomic E-state index is -0.737. The summed E-state index contributed by atoms with van der Waals surface area (Å²) in [5, 5.41) is 9.40. The second-order valence-corrected chi connectivity index (χ2v) is 5.53. The van der Waals surface area contributed by atoms with Gasteiger partial charge < -0.3 is 15.8 Å². The molecule has 3 atom stereocenters. The Hall–Kier alpha value is -2.11. The number of hydrogen-bond donors (Lipinski definition) is 3. The average molecular weight is 274 g/mol. The molecule has 0 aromatic carbocycles. The number of rotatable bonds is 3. The standard InChI is InChI=1S/C14H18N4O2/c1-2-7-5-8(9(6-7)14(19)20)12-16-10-3-4-11(15)17-13(10)18-12/h3-4,7-9H,2,5-6H2,1H3,(H,19,20)(H3,15,16,17,18). The molecule has 3 rings (SSSR count). The van der Waals surface area contributed by atoms with Gasteiger partial charge in [-0.1, -0.05) is 13.3 Å². The molecular weight excluding hydrogens is 256 g/mol. The molecule has 0 amide bonds. The fraction of sp³-hybridized carbons (Fsp3) is 0.500. The largest absolute Gasteiger partial charge is 0.481 e. The molecule has 0 aliphatic heterocycles. The second kappa shape index (κ2) is 4.77. The molecular formula is C14H18N4O2. The van der Waals surface area contributed by atoms with Crippen molar-refractivity contribution in [2.45, 2.75) is 32.1 Å². The van der Waals surface area contributed by atoms with Crippen LogP contribution in [0.5, 0.6) is 0 Å². The number of fused-ring (bicyclic) bond motifs is 1. The zero-order valence-electron chi connectivity index (χ0n) is 11.3. The Morgan fingerprint density at radius 1 is 1.45 bits per heavy atom. The predicted octanol–water partition coefficient (Wildman–Crippen LogP) is 2.14. The molecule has 2 aromatic heterocycles. The van der Waals surface area contributed by atoms with Gasteiger partial charge in [-0.15, -0.1) is 0 Å². The summed E-state index contributed by atoms with van der Waals surface area (Å²) in [6, 6.07) is 3.54. The van der Waals surface area contributed by atoms with Crippen LogP contribution in [0, 0.1) is 11.8 Å². The van der Waals surface area contributed by atoms with E-state index >= 15 is 0 Å². The summed E-state index contributed by atoms with van der Waals surface area (Å²) in [6.07, 6.45) is 2.59. The number of imidazole rings is 1. The van der Waals surface area contributed by atoms with E-state index < -0.39 is 5.97 Å². The number of hydrogen-bond acceptors (Lipinski definition) is 4. The van der Waals surface area contributed by atoms with Gasteiger partial charge in [0.25, 0.3) is 0 Å². The molecule has 1 fully saturated rings. The first-order valence-electron chi connectivity index (χ1n) is 6.93. The van der Waals surface area contributed by atoms with E-state index in [-0.39, 0.29) is 11.8 Å². The highest BCUT2D eigenvalue weighted by molar-refractivity contribution is 5.74. The van der Waals surface area contributed by atoms with Gasteiger partial charge in [0.2, 0.25) is 0 Å². The van der Waals surface area contributed by atoms with Gasteiger partial charge in [0.1, 0.15) is 11.6 Å². The van der Waals surface area contributed by atoms with Crippen LogP contribution in [0.15, 0.2) is 12.1 Å². The number of carboxylic acids is 1. The first-order chi connectivity index (χ1) is 9.58. The van der Waals surface area contributed by atoms with Gasteiger partial charge in [0.15, 0.2) is 5.65 Å². The van der Waals surface area contributed by atoms with Crippen molar-refractivity contribution in [3.8, 4) is 0 Å². The van der Waals surface area contributed by atoms with Crippen molar-refractivity contribution < 1.29 is 9.90 Å². The Labute approximate surface area is 116 Å². The summed E-state index contributed by atoms with van der Waals surface area (Å²) in [4.78, 5) is 23.3. The van der Waals surface area contributed by atoms with Crippen LogP contribution < -0.4 is 5.73 Å². The maximum absolute atomic E-state index is 11.4. The zero-order chi connectivity index (χ0) is 14.3. The van der Waals surface area contributed by atoms with Crippen molar-refractivity contribution in [1.29, 1.82) is 0 Å². The van der Waals surface area contributed by atoms with Crippen LogP contribution >= 0.6 is 0 Å². The normalized spacial score (nSPS) is 26.1. The molecule has 6 nitrogen and oxygen atoms in total. The first kappa shape index (κ1) is 12.9. The maximum atomic E-state index is 11.4. The number of nitrogen functional groups attached to an aromatic ring is 1. The lowest BCUT2D eigenvalue weighted by atomic mass is 9.96. The molecule has 0 radical (unpaired) electrons. The molecule has 2 heterocycles. The van der Waals surface area contributed by atoms with E-state index in [1.165, 1.54) is 0 Å². The van der Waals surface area contributed by atoms with Crippen molar-refractivity contribution in [1.82, 2.24) is 15.0 Å². The quantitative estimate of drug-likeness (QED) is 0.795. The number of anilines is 1. The SMILES string of the molecule is CCC1CC(C(=O)O)C(c2nc3nc(N)ccc3[nH]2)C1. The number of H-pyrrole nitrogens is 1. The molecule has 4 N–H and O–H groups in total. The van der Waals surface area contributed by atoms with Gasteiger partial charge in [0, 0.05) is 5.92 Å². The third kappa shape index (κ3) is 2.11. The number of aromatic nitrogens is 3. The topological polar surface area (TPSA) is 105 Å². The van der Waals surface area contributed by atoms with E-state index in [0.29, 0.717) is 17.4 Å². The summed E-state index contributed by atoms with van der Waals surface area (Å²) in [5.41, 5.74) is 7.01. The minimum absolute atomic E-state index is 0.0622. The second-order valence-electron chi connectivity index (χ2n) is 5.53. The van der Waals surface area contributed by atoms with E-state index in [4.69, 9.17) is 5.73 Å². The summed E-state index contributed by atoms with van der Waals surface area (Å²) >= 11 is 0. The number of carbonyl (C=O) groups is 1. The Morgan fingerprint density at radius 3 is 2.95 bits per heavy atom. The average Bonchev–Trinajstić information content (AvgIpc) is 3.00. The molecule has 1 aliphatic rings. The number of nitrogens with zero attached hydrogens (tertiary/aromatic N) is 2. The zero-order valence-corrected chi connectivity index (χ0v) is 11.3. The number of aromatic amines is 1. The lowest BCUT2D eigenvalue weighted by Gasteiger charge is -2.12. The van der Waals surface area contributed by atoms with Crippen molar-refractivity contribution >= 4 is 23.0 Å². The first-order valence-corrected chi connectivity index (χ1v) is 6.93. The maximum Gasteiger partial charge on any atom is 0.307 e. The van der Waals surface area contributed by atoms with Crippen molar-refractivity contribution in [2.75, 3.05) is 5.73 Å². The smallest absolute Gasteiger partial charge is 0.307 e. The number of nitrogens with one attached hydrogen (secondary N) is 1. The molecule has 20 heavy (non-hydrogen) atoms. The van der Waals surface area contributed by atoms with Gasteiger partial charge >= 0.3 is 5.97 Å². The molecule has 0 bridgehead atoms. The predicted molar refractivity (Wildman–Crippen MR) is 75.2 cm³/mol. The lowest BCUT2D eigenvalue weighted by Crippen LogP contribution is -2.17. The summed E-state index contributed by atoms with van der Waals surface area (Å²) < 4.78 is 0. The number of pyridine rings is 1. The Bertz CT molecular complexity index is 652. The summed E-state index contributed by atoms with van der Waals surface area (Å²) in [5.74, 6) is 0.432. The highest BCUT2D eigenvalue weighted by Crippen LogP contribution is 2.43. The Morgan fingerprint density at radius 2 is 2.25 bits per heavy atom. The van der Waals surface area contributed by atoms with Gasteiger partial charge in [-0.25, -0.2) is 9.97 Å². The summed E-state index contributed by atoms with van der Waals surface area (Å²) in [7, 11) is 0. The summed E-state index contributed by atoms with van der Waals surface area (Å²) in [6.45, 7) is 2.10. The molecule has 0 saturated heterocycles. The van der Waals surface area contributed by atoms with Crippen LogP contribution in [0.25, 0.3) is 11.2 Å². The van der Waals surface area contributed by atoms with Crippen molar-refractivity contribution in [2.24, 2.45) is 11.8 Å². The van der Waals surface area contributed by atoms with Crippen LogP contribution in [0.4, 0.5) is 5.82 Å². The van der Waals surface area contributed by atoms with Crippen molar-refractivity contribution in [3.63, 3.8) is 0 Å². The lowest BCUT2D eigenvalue weighted by molar-refractivity contribution is -0.142. The van der Waals surface area contributed by atoms with Gasteiger partial charge in [-0.3, -0.25) is 4.79 Å². The number of nitrogens with two attached hydrogens (primary N) is 1. The highest BCUT2D eigenvalue weighted by atomic mass is 16.4. The number of carboxylic acid groups (broad SMARTS) is 1. The van der Waals surface area contributed by atoms with Crippen LogP contribution in [0.3, 0.4) is 0 Å². The molecule has 3 unspecified atom stereocenters. The van der Waals surface area contributed by atoms with E-state index in [2.05, 4.69) is 21.9 Å². The van der Waals surface area contributed by atoms with E-state index in [9.17, 15) is 9.90 Å². The van der Waals surface area contributed by atoms with E-state index in [1.807, 2.05) is 6.07 Å². The van der Waals surface area contributed by atoms with Crippen LogP contribution in [0.2, 0.25) is 0 Å². The molecule has 6 heteroatoms. The van der Waals surface area contributed by atoms with E-state index in [1.54, 1.807) is 6.07 Å². The molecule has 1 saturated carbocycles. The number of aliphatic carboxylic acids is 1. The van der Waals surface area contributed by atoms with Crippen LogP contribution in [-0.2, 0) is 4.79 Å². The molecule has 1 aliphatic carbocycles. The molecule has 2 aromatic rings.